The van der Waals surface area contributed by atoms with E-state index in [9.17, 15) is 24.9 Å². The molecule has 0 spiro atoms. The predicted octanol–water partition coefficient (Wildman–Crippen LogP) is 0.785. The maximum Gasteiger partial charge on any atom is 0.399 e. The molecule has 0 aliphatic carbocycles. The standard InChI is InChI=1S/C12H14N2O6/c1-2-20-12(16)11(15)14(19)10(8-13(17)18)9-6-4-3-5-7-9/h3-7,10,19H,2,8H2,1H3. The third-order valence-corrected chi connectivity index (χ3v) is 2.46. The van der Waals surface area contributed by atoms with E-state index in [2.05, 4.69) is 4.74 Å². The first-order valence-corrected chi connectivity index (χ1v) is 5.83. The first-order valence-electron chi connectivity index (χ1n) is 5.83. The fourth-order valence-corrected chi connectivity index (χ4v) is 1.57. The van der Waals surface area contributed by atoms with Crippen LogP contribution in [0.25, 0.3) is 0 Å². The van der Waals surface area contributed by atoms with Gasteiger partial charge in [-0.2, -0.15) is 0 Å². The number of benzene rings is 1. The van der Waals surface area contributed by atoms with Gasteiger partial charge in [0.15, 0.2) is 0 Å². The highest BCUT2D eigenvalue weighted by molar-refractivity contribution is 6.32. The number of hydrogen-bond donors (Lipinski definition) is 1. The van der Waals surface area contributed by atoms with Crippen LogP contribution in [0.5, 0.6) is 0 Å². The molecule has 0 saturated heterocycles. The molecule has 20 heavy (non-hydrogen) atoms. The van der Waals surface area contributed by atoms with Crippen molar-refractivity contribution in [2.24, 2.45) is 0 Å². The fraction of sp³-hybridized carbons (Fsp3) is 0.333. The van der Waals surface area contributed by atoms with Gasteiger partial charge in [0.05, 0.1) is 6.61 Å². The average Bonchev–Trinajstić information content (AvgIpc) is 2.44. The first-order chi connectivity index (χ1) is 9.47. The number of nitrogens with zero attached hydrogens (tertiary/aromatic N) is 2. The van der Waals surface area contributed by atoms with Gasteiger partial charge in [-0.25, -0.2) is 9.86 Å². The van der Waals surface area contributed by atoms with Gasteiger partial charge in [0.2, 0.25) is 6.54 Å². The van der Waals surface area contributed by atoms with Crippen molar-refractivity contribution in [1.29, 1.82) is 0 Å². The molecule has 0 fully saturated rings. The lowest BCUT2D eigenvalue weighted by Crippen LogP contribution is -2.40. The molecular formula is C12H14N2O6. The molecule has 0 radical (unpaired) electrons. The minimum absolute atomic E-state index is 0.0378. The number of rotatable bonds is 5. The summed E-state index contributed by atoms with van der Waals surface area (Å²) in [6, 6.07) is 6.64. The van der Waals surface area contributed by atoms with Crippen molar-refractivity contribution in [3.05, 3.63) is 46.0 Å². The van der Waals surface area contributed by atoms with Gasteiger partial charge in [-0.05, 0) is 12.5 Å². The monoisotopic (exact) mass is 282 g/mol. The van der Waals surface area contributed by atoms with Crippen LogP contribution < -0.4 is 0 Å². The number of carbonyl (C=O) groups is 2. The molecule has 1 atom stereocenters. The fourth-order valence-electron chi connectivity index (χ4n) is 1.57. The maximum atomic E-state index is 11.6. The zero-order chi connectivity index (χ0) is 15.1. The second-order valence-corrected chi connectivity index (χ2v) is 3.81. The molecule has 1 aromatic rings. The summed E-state index contributed by atoms with van der Waals surface area (Å²) in [6.45, 7) is 0.730. The molecule has 1 amide bonds. The number of amides is 1. The van der Waals surface area contributed by atoms with Gasteiger partial charge in [-0.15, -0.1) is 0 Å². The van der Waals surface area contributed by atoms with Crippen molar-refractivity contribution in [1.82, 2.24) is 5.06 Å². The van der Waals surface area contributed by atoms with Crippen molar-refractivity contribution >= 4 is 11.9 Å². The smallest absolute Gasteiger partial charge is 0.399 e. The average molecular weight is 282 g/mol. The van der Waals surface area contributed by atoms with Gasteiger partial charge < -0.3 is 4.74 Å². The summed E-state index contributed by atoms with van der Waals surface area (Å²) in [5.41, 5.74) is 0.337. The maximum absolute atomic E-state index is 11.6. The zero-order valence-corrected chi connectivity index (χ0v) is 10.8. The largest absolute Gasteiger partial charge is 0.459 e. The molecule has 0 aliphatic heterocycles. The molecule has 8 heteroatoms. The van der Waals surface area contributed by atoms with Crippen LogP contribution in [-0.4, -0.2) is 40.2 Å². The number of esters is 1. The molecule has 108 valence electrons. The molecule has 1 unspecified atom stereocenters. The van der Waals surface area contributed by atoms with E-state index in [0.717, 1.165) is 0 Å². The van der Waals surface area contributed by atoms with Crippen LogP contribution in [0.1, 0.15) is 18.5 Å². The molecule has 0 bridgehead atoms. The van der Waals surface area contributed by atoms with E-state index in [1.807, 2.05) is 0 Å². The lowest BCUT2D eigenvalue weighted by Gasteiger charge is -2.22. The van der Waals surface area contributed by atoms with E-state index in [4.69, 9.17) is 0 Å². The minimum Gasteiger partial charge on any atom is -0.459 e. The SMILES string of the molecule is CCOC(=O)C(=O)N(O)C(C[N+](=O)[O-])c1ccccc1. The molecule has 0 aliphatic rings. The summed E-state index contributed by atoms with van der Waals surface area (Å²) in [6.07, 6.45) is 0. The second kappa shape index (κ2) is 7.19. The van der Waals surface area contributed by atoms with E-state index < -0.39 is 29.4 Å². The quantitative estimate of drug-likeness (QED) is 0.281. The molecule has 0 saturated carbocycles. The van der Waals surface area contributed by atoms with Gasteiger partial charge in [0.25, 0.3) is 0 Å². The zero-order valence-electron chi connectivity index (χ0n) is 10.8. The third-order valence-electron chi connectivity index (χ3n) is 2.46. The highest BCUT2D eigenvalue weighted by Gasteiger charge is 2.33. The summed E-state index contributed by atoms with van der Waals surface area (Å²) in [5, 5.41) is 20.4. The highest BCUT2D eigenvalue weighted by Crippen LogP contribution is 2.19. The summed E-state index contributed by atoms with van der Waals surface area (Å²) >= 11 is 0. The normalized spacial score (nSPS) is 11.5. The molecule has 8 nitrogen and oxygen atoms in total. The van der Waals surface area contributed by atoms with Crippen LogP contribution in [0, 0.1) is 10.1 Å². The van der Waals surface area contributed by atoms with Gasteiger partial charge in [-0.1, -0.05) is 30.3 Å². The van der Waals surface area contributed by atoms with E-state index >= 15 is 0 Å². The minimum atomic E-state index is -1.34. The Balaban J connectivity index is 2.96. The van der Waals surface area contributed by atoms with Gasteiger partial charge in [0.1, 0.15) is 6.04 Å². The Morgan fingerprint density at radius 1 is 1.40 bits per heavy atom. The molecule has 0 aromatic heterocycles. The molecule has 1 aromatic carbocycles. The third kappa shape index (κ3) is 4.02. The second-order valence-electron chi connectivity index (χ2n) is 3.81. The van der Waals surface area contributed by atoms with Crippen LogP contribution in [0.15, 0.2) is 30.3 Å². The van der Waals surface area contributed by atoms with Gasteiger partial charge >= 0.3 is 11.9 Å². The molecular weight excluding hydrogens is 268 g/mol. The Morgan fingerprint density at radius 2 is 2.00 bits per heavy atom. The Kier molecular flexibility index (Phi) is 5.60. The number of ether oxygens (including phenoxy) is 1. The van der Waals surface area contributed by atoms with Crippen LogP contribution >= 0.6 is 0 Å². The Hall–Kier alpha value is -2.48. The molecule has 0 heterocycles. The summed E-state index contributed by atoms with van der Waals surface area (Å²) in [5.74, 6) is -2.61. The number of hydroxylamine groups is 2. The summed E-state index contributed by atoms with van der Waals surface area (Å²) < 4.78 is 4.46. The van der Waals surface area contributed by atoms with Gasteiger partial charge in [0, 0.05) is 4.92 Å². The highest BCUT2D eigenvalue weighted by atomic mass is 16.6. The van der Waals surface area contributed by atoms with E-state index in [0.29, 0.717) is 5.56 Å². The number of hydrogen-bond acceptors (Lipinski definition) is 6. The van der Waals surface area contributed by atoms with Crippen molar-refractivity contribution in [2.45, 2.75) is 13.0 Å². The predicted molar refractivity (Wildman–Crippen MR) is 66.3 cm³/mol. The Bertz CT molecular complexity index is 490. The van der Waals surface area contributed by atoms with Crippen molar-refractivity contribution < 1.29 is 24.5 Å². The van der Waals surface area contributed by atoms with Crippen LogP contribution in [0.3, 0.4) is 0 Å². The summed E-state index contributed by atoms with van der Waals surface area (Å²) in [7, 11) is 0. The van der Waals surface area contributed by atoms with E-state index in [1.54, 1.807) is 18.2 Å². The lowest BCUT2D eigenvalue weighted by atomic mass is 10.1. The number of carbonyl (C=O) groups excluding carboxylic acids is 2. The van der Waals surface area contributed by atoms with Crippen LogP contribution in [0.4, 0.5) is 0 Å². The molecule has 1 N–H and O–H groups in total. The van der Waals surface area contributed by atoms with E-state index in [1.165, 1.54) is 19.1 Å². The number of nitro groups is 1. The van der Waals surface area contributed by atoms with Gasteiger partial charge in [-0.3, -0.25) is 20.1 Å². The van der Waals surface area contributed by atoms with Crippen molar-refractivity contribution in [2.75, 3.05) is 13.2 Å². The topological polar surface area (TPSA) is 110 Å². The Morgan fingerprint density at radius 3 is 2.50 bits per heavy atom. The van der Waals surface area contributed by atoms with Crippen LogP contribution in [0.2, 0.25) is 0 Å². The van der Waals surface area contributed by atoms with E-state index in [-0.39, 0.29) is 11.7 Å². The van der Waals surface area contributed by atoms with Crippen molar-refractivity contribution in [3.63, 3.8) is 0 Å². The van der Waals surface area contributed by atoms with Crippen molar-refractivity contribution in [3.8, 4) is 0 Å². The lowest BCUT2D eigenvalue weighted by molar-refractivity contribution is -0.491. The Labute approximate surface area is 114 Å². The molecule has 1 rings (SSSR count). The summed E-state index contributed by atoms with van der Waals surface area (Å²) in [4.78, 5) is 32.8. The first kappa shape index (κ1) is 15.6. The van der Waals surface area contributed by atoms with Crippen LogP contribution in [-0.2, 0) is 14.3 Å².